The van der Waals surface area contributed by atoms with Gasteiger partial charge in [0.2, 0.25) is 0 Å². The molecule has 0 atom stereocenters. The predicted molar refractivity (Wildman–Crippen MR) is 18.0 cm³/mol. The SMILES string of the molecule is O.O.O.[AlH].[Mn]. The molecule has 0 saturated heterocycles. The van der Waals surface area contributed by atoms with Gasteiger partial charge in [-0.1, -0.05) is 0 Å². The first-order valence-corrected chi connectivity index (χ1v) is 0. The Hall–Kier alpha value is 0.932. The zero-order chi connectivity index (χ0) is 0. The second-order valence-corrected chi connectivity index (χ2v) is 0. The monoisotopic (exact) mass is 137 g/mol. The summed E-state index contributed by atoms with van der Waals surface area (Å²) >= 11 is 0. The van der Waals surface area contributed by atoms with Crippen molar-refractivity contribution in [2.45, 2.75) is 0 Å². The minimum Gasteiger partial charge on any atom is -0.412 e. The van der Waals surface area contributed by atoms with Crippen molar-refractivity contribution in [2.24, 2.45) is 0 Å². The van der Waals surface area contributed by atoms with E-state index in [1.54, 1.807) is 0 Å². The van der Waals surface area contributed by atoms with E-state index in [2.05, 4.69) is 0 Å². The Kier molecular flexibility index (Phi) is 2920. The first-order chi connectivity index (χ1) is 0. The summed E-state index contributed by atoms with van der Waals surface area (Å²) in [7, 11) is 0. The normalized spacial score (nSPS) is 0. The van der Waals surface area contributed by atoms with Crippen LogP contribution in [0.15, 0.2) is 0 Å². The third-order valence-corrected chi connectivity index (χ3v) is 0. The van der Waals surface area contributed by atoms with Gasteiger partial charge in [-0.05, 0) is 0 Å². The smallest absolute Gasteiger partial charge is 0.0854 e. The van der Waals surface area contributed by atoms with Gasteiger partial charge in [-0.25, -0.2) is 0 Å². The second kappa shape index (κ2) is 87.8. The van der Waals surface area contributed by atoms with E-state index < -0.39 is 0 Å². The Balaban J connectivity index is 0. The number of hydrogen-bond donors (Lipinski definition) is 0. The van der Waals surface area contributed by atoms with Crippen molar-refractivity contribution in [3.8, 4) is 0 Å². The van der Waals surface area contributed by atoms with Crippen LogP contribution in [-0.4, -0.2) is 33.8 Å². The molecular weight excluding hydrogens is 130 g/mol. The van der Waals surface area contributed by atoms with Gasteiger partial charge in [-0.3, -0.25) is 0 Å². The quantitative estimate of drug-likeness (QED) is 0.315. The average Bonchev–Trinajstić information content (AvgIpc) is 0. The first kappa shape index (κ1) is 166. The van der Waals surface area contributed by atoms with Crippen molar-refractivity contribution in [1.29, 1.82) is 0 Å². The van der Waals surface area contributed by atoms with Gasteiger partial charge < -0.3 is 16.4 Å². The Morgan fingerprint density at radius 3 is 0.600 bits per heavy atom. The van der Waals surface area contributed by atoms with Crippen LogP contribution in [0.3, 0.4) is 0 Å². The molecule has 0 aliphatic heterocycles. The Bertz CT molecular complexity index is 6.85. The summed E-state index contributed by atoms with van der Waals surface area (Å²) in [4.78, 5) is 0. The van der Waals surface area contributed by atoms with E-state index in [0.717, 1.165) is 0 Å². The summed E-state index contributed by atoms with van der Waals surface area (Å²) in [6.45, 7) is 0. The molecule has 5 heavy (non-hydrogen) atoms. The fourth-order valence-corrected chi connectivity index (χ4v) is 0. The van der Waals surface area contributed by atoms with Crippen molar-refractivity contribution < 1.29 is 33.5 Å². The molecule has 0 aromatic heterocycles. The van der Waals surface area contributed by atoms with Gasteiger partial charge >= 0.3 is 0 Å². The molecule has 0 fully saturated rings. The fourth-order valence-electron chi connectivity index (χ4n) is 0. The molecule has 3 nitrogen and oxygen atoms in total. The minimum absolute atomic E-state index is 0. The molecule has 0 aliphatic rings. The molecule has 0 aliphatic carbocycles. The second-order valence-electron chi connectivity index (χ2n) is 0. The van der Waals surface area contributed by atoms with Gasteiger partial charge in [-0.15, -0.1) is 0 Å². The molecular formula is H7AlMnO3. The standard InChI is InChI=1S/Al.Mn.3H2O.H/h;;3*1H2;. The van der Waals surface area contributed by atoms with Gasteiger partial charge in [0, 0.05) is 17.1 Å². The van der Waals surface area contributed by atoms with Crippen molar-refractivity contribution in [3.05, 3.63) is 0 Å². The predicted octanol–water partition coefficient (Wildman–Crippen LogP) is -3.13. The summed E-state index contributed by atoms with van der Waals surface area (Å²) in [5, 5.41) is 0. The van der Waals surface area contributed by atoms with Gasteiger partial charge in [0.15, 0.2) is 0 Å². The topological polar surface area (TPSA) is 94.5 Å². The first-order valence-electron chi connectivity index (χ1n) is 0. The molecule has 5 heteroatoms. The van der Waals surface area contributed by atoms with E-state index in [1.165, 1.54) is 0 Å². The summed E-state index contributed by atoms with van der Waals surface area (Å²) in [5.74, 6) is 0. The molecule has 35 valence electrons. The van der Waals surface area contributed by atoms with E-state index in [9.17, 15) is 0 Å². The third kappa shape index (κ3) is 48.8. The van der Waals surface area contributed by atoms with E-state index in [0.29, 0.717) is 0 Å². The zero-order valence-corrected chi connectivity index (χ0v) is 5.18. The average molecular weight is 137 g/mol. The van der Waals surface area contributed by atoms with E-state index in [4.69, 9.17) is 0 Å². The van der Waals surface area contributed by atoms with Crippen molar-refractivity contribution in [2.75, 3.05) is 0 Å². The molecule has 0 heterocycles. The molecule has 0 aromatic carbocycles. The molecule has 0 saturated carbocycles. The fraction of sp³-hybridized carbons (Fsp3) is 0. The van der Waals surface area contributed by atoms with Crippen molar-refractivity contribution in [3.63, 3.8) is 0 Å². The molecule has 0 bridgehead atoms. The van der Waals surface area contributed by atoms with E-state index in [1.807, 2.05) is 0 Å². The molecule has 0 unspecified atom stereocenters. The van der Waals surface area contributed by atoms with Gasteiger partial charge in [0.1, 0.15) is 0 Å². The minimum atomic E-state index is 0. The summed E-state index contributed by atoms with van der Waals surface area (Å²) in [6.07, 6.45) is 0. The van der Waals surface area contributed by atoms with Crippen LogP contribution in [0.5, 0.6) is 0 Å². The largest absolute Gasteiger partial charge is 0.412 e. The molecule has 0 spiro atoms. The molecule has 6 N–H and O–H groups in total. The molecule has 0 amide bonds. The van der Waals surface area contributed by atoms with Crippen LogP contribution < -0.4 is 0 Å². The summed E-state index contributed by atoms with van der Waals surface area (Å²) < 4.78 is 0. The van der Waals surface area contributed by atoms with Gasteiger partial charge in [-0.2, -0.15) is 0 Å². The van der Waals surface area contributed by atoms with Crippen LogP contribution in [0, 0.1) is 0 Å². The van der Waals surface area contributed by atoms with Gasteiger partial charge in [0.25, 0.3) is 0 Å². The Morgan fingerprint density at radius 2 is 0.600 bits per heavy atom. The van der Waals surface area contributed by atoms with Gasteiger partial charge in [0.05, 0.1) is 17.4 Å². The summed E-state index contributed by atoms with van der Waals surface area (Å²) in [5.41, 5.74) is 0. The van der Waals surface area contributed by atoms with Crippen LogP contribution in [0.2, 0.25) is 0 Å². The molecule has 0 rings (SSSR count). The maximum atomic E-state index is 0. The molecule has 0 aromatic rings. The van der Waals surface area contributed by atoms with Crippen molar-refractivity contribution in [1.82, 2.24) is 0 Å². The Labute approximate surface area is 51.3 Å². The van der Waals surface area contributed by atoms with Crippen LogP contribution in [0.25, 0.3) is 0 Å². The number of rotatable bonds is 0. The summed E-state index contributed by atoms with van der Waals surface area (Å²) in [6, 6.07) is 0. The third-order valence-electron chi connectivity index (χ3n) is 0. The van der Waals surface area contributed by atoms with Crippen LogP contribution in [-0.2, 0) is 17.1 Å². The van der Waals surface area contributed by atoms with E-state index in [-0.39, 0.29) is 50.9 Å². The zero-order valence-electron chi connectivity index (χ0n) is 2.59. The van der Waals surface area contributed by atoms with E-state index >= 15 is 0 Å². The maximum Gasteiger partial charge on any atom is 0.0854 e. The Morgan fingerprint density at radius 1 is 0.600 bits per heavy atom. The van der Waals surface area contributed by atoms with Crippen LogP contribution in [0.4, 0.5) is 0 Å². The van der Waals surface area contributed by atoms with Crippen LogP contribution in [0.1, 0.15) is 0 Å². The maximum absolute atomic E-state index is 0. The number of hydrogen-bond acceptors (Lipinski definition) is 0. The molecule has 3 radical (unpaired) electrons. The van der Waals surface area contributed by atoms with Crippen LogP contribution >= 0.6 is 0 Å². The van der Waals surface area contributed by atoms with Crippen molar-refractivity contribution >= 4 is 17.4 Å².